The molecule has 0 radical (unpaired) electrons. The molecule has 0 amide bonds. The molecule has 120 valence electrons. The molecule has 3 N–H and O–H groups in total. The lowest BCUT2D eigenvalue weighted by Crippen LogP contribution is -2.33. The molecule has 8 heteroatoms. The van der Waals surface area contributed by atoms with Crippen LogP contribution in [0.3, 0.4) is 0 Å². The van der Waals surface area contributed by atoms with Crippen LogP contribution in [0.1, 0.15) is 31.0 Å². The summed E-state index contributed by atoms with van der Waals surface area (Å²) in [5, 5.41) is 9.97. The summed E-state index contributed by atoms with van der Waals surface area (Å²) in [6, 6.07) is 0. The first-order chi connectivity index (χ1) is 10.0. The average molecular weight is 316 g/mol. The van der Waals surface area contributed by atoms with Gasteiger partial charge < -0.3 is 10.1 Å². The third kappa shape index (κ3) is 4.26. The molecular formula is C13H24N4O3S. The van der Waals surface area contributed by atoms with Crippen LogP contribution in [0.25, 0.3) is 0 Å². The van der Waals surface area contributed by atoms with Crippen molar-refractivity contribution in [3.05, 3.63) is 11.3 Å². The predicted octanol–water partition coefficient (Wildman–Crippen LogP) is 0.533. The van der Waals surface area contributed by atoms with Gasteiger partial charge in [0, 0.05) is 37.6 Å². The lowest BCUT2D eigenvalue weighted by molar-refractivity contribution is 0.0678. The van der Waals surface area contributed by atoms with Crippen molar-refractivity contribution in [1.82, 2.24) is 20.2 Å². The molecule has 0 bridgehead atoms. The molecule has 0 spiro atoms. The Morgan fingerprint density at radius 2 is 2.10 bits per heavy atom. The summed E-state index contributed by atoms with van der Waals surface area (Å²) in [5.41, 5.74) is 1.48. The Kier molecular flexibility index (Phi) is 5.74. The molecular weight excluding hydrogens is 292 g/mol. The van der Waals surface area contributed by atoms with E-state index in [-0.39, 0.29) is 5.03 Å². The van der Waals surface area contributed by atoms with Crippen molar-refractivity contribution < 1.29 is 13.2 Å². The molecule has 7 nitrogen and oxygen atoms in total. The van der Waals surface area contributed by atoms with Gasteiger partial charge in [-0.2, -0.15) is 5.10 Å². The third-order valence-electron chi connectivity index (χ3n) is 3.75. The standard InChI is InChI=1S/C13H24N4O3S/c1-3-14-9-12-10(2)16-17-13(12)21(18,19)15-8-11-4-6-20-7-5-11/h11,14-15H,3-9H2,1-2H3,(H,16,17). The summed E-state index contributed by atoms with van der Waals surface area (Å²) in [4.78, 5) is 0. The maximum Gasteiger partial charge on any atom is 0.260 e. The van der Waals surface area contributed by atoms with Crippen LogP contribution in [0.15, 0.2) is 5.03 Å². The topological polar surface area (TPSA) is 96.1 Å². The zero-order valence-corrected chi connectivity index (χ0v) is 13.4. The Hall–Kier alpha value is -0.960. The van der Waals surface area contributed by atoms with E-state index >= 15 is 0 Å². The van der Waals surface area contributed by atoms with Crippen molar-refractivity contribution in [1.29, 1.82) is 0 Å². The second kappa shape index (κ2) is 7.35. The highest BCUT2D eigenvalue weighted by atomic mass is 32.2. The first-order valence-corrected chi connectivity index (χ1v) is 8.85. The molecule has 1 aromatic heterocycles. The minimum Gasteiger partial charge on any atom is -0.381 e. The van der Waals surface area contributed by atoms with E-state index in [0.717, 1.165) is 25.1 Å². The van der Waals surface area contributed by atoms with Crippen LogP contribution in [0, 0.1) is 12.8 Å². The van der Waals surface area contributed by atoms with Gasteiger partial charge in [-0.05, 0) is 32.2 Å². The van der Waals surface area contributed by atoms with Crippen LogP contribution in [0.5, 0.6) is 0 Å². The highest BCUT2D eigenvalue weighted by Gasteiger charge is 2.25. The monoisotopic (exact) mass is 316 g/mol. The lowest BCUT2D eigenvalue weighted by Gasteiger charge is -2.22. The van der Waals surface area contributed by atoms with Gasteiger partial charge in [-0.1, -0.05) is 6.92 Å². The lowest BCUT2D eigenvalue weighted by atomic mass is 10.0. The Morgan fingerprint density at radius 3 is 2.76 bits per heavy atom. The molecule has 0 saturated carbocycles. The van der Waals surface area contributed by atoms with E-state index in [1.165, 1.54) is 0 Å². The number of rotatable bonds is 7. The molecule has 0 unspecified atom stereocenters. The van der Waals surface area contributed by atoms with Gasteiger partial charge >= 0.3 is 0 Å². The highest BCUT2D eigenvalue weighted by molar-refractivity contribution is 7.89. The molecule has 1 aliphatic heterocycles. The number of nitrogens with one attached hydrogen (secondary N) is 3. The van der Waals surface area contributed by atoms with Crippen molar-refractivity contribution in [2.75, 3.05) is 26.3 Å². The summed E-state index contributed by atoms with van der Waals surface area (Å²) >= 11 is 0. The van der Waals surface area contributed by atoms with E-state index in [9.17, 15) is 8.42 Å². The zero-order chi connectivity index (χ0) is 15.3. The van der Waals surface area contributed by atoms with Gasteiger partial charge in [-0.15, -0.1) is 0 Å². The first kappa shape index (κ1) is 16.4. The van der Waals surface area contributed by atoms with Crippen LogP contribution >= 0.6 is 0 Å². The van der Waals surface area contributed by atoms with Gasteiger partial charge in [0.05, 0.1) is 0 Å². The molecule has 0 aromatic carbocycles. The number of ether oxygens (including phenoxy) is 1. The average Bonchev–Trinajstić information content (AvgIpc) is 2.86. The maximum atomic E-state index is 12.4. The van der Waals surface area contributed by atoms with Gasteiger partial charge in [-0.25, -0.2) is 13.1 Å². The van der Waals surface area contributed by atoms with Crippen LogP contribution < -0.4 is 10.0 Å². The normalized spacial score (nSPS) is 17.2. The van der Waals surface area contributed by atoms with Gasteiger partial charge in [0.25, 0.3) is 10.0 Å². The van der Waals surface area contributed by atoms with Crippen LogP contribution in [-0.4, -0.2) is 44.9 Å². The molecule has 0 atom stereocenters. The predicted molar refractivity (Wildman–Crippen MR) is 79.4 cm³/mol. The number of H-pyrrole nitrogens is 1. The number of hydrogen-bond donors (Lipinski definition) is 3. The number of hydrogen-bond acceptors (Lipinski definition) is 5. The minimum absolute atomic E-state index is 0.105. The summed E-state index contributed by atoms with van der Waals surface area (Å²) < 4.78 is 32.8. The number of nitrogens with zero attached hydrogens (tertiary/aromatic N) is 1. The van der Waals surface area contributed by atoms with Crippen molar-refractivity contribution in [2.45, 2.75) is 38.3 Å². The van der Waals surface area contributed by atoms with Crippen LogP contribution in [0.2, 0.25) is 0 Å². The smallest absolute Gasteiger partial charge is 0.260 e. The Morgan fingerprint density at radius 1 is 1.38 bits per heavy atom. The molecule has 21 heavy (non-hydrogen) atoms. The van der Waals surface area contributed by atoms with Crippen molar-refractivity contribution in [3.63, 3.8) is 0 Å². The second-order valence-electron chi connectivity index (χ2n) is 5.32. The fraction of sp³-hybridized carbons (Fsp3) is 0.769. The summed E-state index contributed by atoms with van der Waals surface area (Å²) in [5.74, 6) is 0.339. The van der Waals surface area contributed by atoms with E-state index in [0.29, 0.717) is 37.8 Å². The van der Waals surface area contributed by atoms with Crippen LogP contribution in [-0.2, 0) is 21.3 Å². The molecule has 0 aliphatic carbocycles. The van der Waals surface area contributed by atoms with E-state index in [1.807, 2.05) is 13.8 Å². The highest BCUT2D eigenvalue weighted by Crippen LogP contribution is 2.18. The van der Waals surface area contributed by atoms with E-state index in [1.54, 1.807) is 0 Å². The summed E-state index contributed by atoms with van der Waals surface area (Å²) in [6.45, 7) is 6.94. The van der Waals surface area contributed by atoms with Crippen LogP contribution in [0.4, 0.5) is 0 Å². The first-order valence-electron chi connectivity index (χ1n) is 7.36. The maximum absolute atomic E-state index is 12.4. The molecule has 2 heterocycles. The van der Waals surface area contributed by atoms with Gasteiger partial charge in [0.15, 0.2) is 5.03 Å². The molecule has 1 aliphatic rings. The second-order valence-corrected chi connectivity index (χ2v) is 7.00. The largest absolute Gasteiger partial charge is 0.381 e. The van der Waals surface area contributed by atoms with Crippen molar-refractivity contribution >= 4 is 10.0 Å². The van der Waals surface area contributed by atoms with E-state index in [2.05, 4.69) is 20.2 Å². The van der Waals surface area contributed by atoms with Crippen molar-refractivity contribution in [3.8, 4) is 0 Å². The van der Waals surface area contributed by atoms with Crippen molar-refractivity contribution in [2.24, 2.45) is 5.92 Å². The number of aromatic nitrogens is 2. The summed E-state index contributed by atoms with van der Waals surface area (Å²) in [6.07, 6.45) is 1.79. The number of aromatic amines is 1. The molecule has 2 rings (SSSR count). The molecule has 1 aromatic rings. The molecule has 1 saturated heterocycles. The SMILES string of the molecule is CCNCc1c(S(=O)(=O)NCC2CCOCC2)n[nH]c1C. The Balaban J connectivity index is 2.04. The van der Waals surface area contributed by atoms with Gasteiger partial charge in [-0.3, -0.25) is 5.10 Å². The Bertz CT molecular complexity index is 550. The third-order valence-corrected chi connectivity index (χ3v) is 5.14. The zero-order valence-electron chi connectivity index (χ0n) is 12.6. The summed E-state index contributed by atoms with van der Waals surface area (Å²) in [7, 11) is -3.57. The van der Waals surface area contributed by atoms with E-state index < -0.39 is 10.0 Å². The fourth-order valence-corrected chi connectivity index (χ4v) is 3.66. The van der Waals surface area contributed by atoms with Gasteiger partial charge in [0.2, 0.25) is 0 Å². The minimum atomic E-state index is -3.57. The van der Waals surface area contributed by atoms with E-state index in [4.69, 9.17) is 4.74 Å². The number of aryl methyl sites for hydroxylation is 1. The quantitative estimate of drug-likeness (QED) is 0.682. The fourth-order valence-electron chi connectivity index (χ4n) is 2.36. The molecule has 1 fully saturated rings. The van der Waals surface area contributed by atoms with Gasteiger partial charge in [0.1, 0.15) is 0 Å². The Labute approximate surface area is 125 Å². The number of sulfonamides is 1.